The molecule has 3 rings (SSSR count). The van der Waals surface area contributed by atoms with E-state index < -0.39 is 0 Å². The molecular formula is C12H10N2S. The van der Waals surface area contributed by atoms with Crippen LogP contribution in [-0.4, -0.2) is 9.97 Å². The number of hydrogen-bond donors (Lipinski definition) is 1. The van der Waals surface area contributed by atoms with Crippen molar-refractivity contribution >= 4 is 22.4 Å². The molecule has 0 unspecified atom stereocenters. The average Bonchev–Trinajstić information content (AvgIpc) is 2.83. The first kappa shape index (κ1) is 8.68. The van der Waals surface area contributed by atoms with Crippen LogP contribution in [0.4, 0.5) is 0 Å². The van der Waals surface area contributed by atoms with Gasteiger partial charge in [0.25, 0.3) is 0 Å². The summed E-state index contributed by atoms with van der Waals surface area (Å²) in [6.45, 7) is 2.12. The molecule has 3 heterocycles. The number of H-pyrrole nitrogens is 1. The number of pyridine rings is 1. The van der Waals surface area contributed by atoms with Gasteiger partial charge in [0.2, 0.25) is 0 Å². The predicted molar refractivity (Wildman–Crippen MR) is 64.1 cm³/mol. The zero-order chi connectivity index (χ0) is 10.3. The molecule has 3 aromatic heterocycles. The Morgan fingerprint density at radius 3 is 3.00 bits per heavy atom. The molecule has 3 aromatic rings. The summed E-state index contributed by atoms with van der Waals surface area (Å²) < 4.78 is 0. The Morgan fingerprint density at radius 1 is 1.27 bits per heavy atom. The third-order valence-corrected chi connectivity index (χ3v) is 3.47. The number of aryl methyl sites for hydroxylation is 1. The zero-order valence-corrected chi connectivity index (χ0v) is 9.14. The van der Waals surface area contributed by atoms with Gasteiger partial charge in [-0.1, -0.05) is 0 Å². The maximum Gasteiger partial charge on any atom is 0.0965 e. The van der Waals surface area contributed by atoms with Crippen LogP contribution in [0, 0.1) is 6.92 Å². The first-order valence-electron chi connectivity index (χ1n) is 4.83. The molecule has 0 bridgehead atoms. The molecule has 0 aliphatic heterocycles. The number of thiophene rings is 1. The van der Waals surface area contributed by atoms with Gasteiger partial charge >= 0.3 is 0 Å². The van der Waals surface area contributed by atoms with Gasteiger partial charge in [-0.15, -0.1) is 11.3 Å². The van der Waals surface area contributed by atoms with E-state index in [4.69, 9.17) is 0 Å². The number of aromatic nitrogens is 2. The Labute approximate surface area is 91.6 Å². The smallest absolute Gasteiger partial charge is 0.0965 e. The van der Waals surface area contributed by atoms with Crippen molar-refractivity contribution < 1.29 is 0 Å². The van der Waals surface area contributed by atoms with Crippen molar-refractivity contribution in [3.05, 3.63) is 41.5 Å². The van der Waals surface area contributed by atoms with E-state index in [9.17, 15) is 0 Å². The topological polar surface area (TPSA) is 28.7 Å². The van der Waals surface area contributed by atoms with E-state index in [0.29, 0.717) is 0 Å². The van der Waals surface area contributed by atoms with E-state index >= 15 is 0 Å². The lowest BCUT2D eigenvalue weighted by Crippen LogP contribution is -1.73. The molecule has 74 valence electrons. The molecule has 0 amide bonds. The minimum Gasteiger partial charge on any atom is -0.359 e. The Balaban J connectivity index is 2.27. The number of nitrogens with zero attached hydrogens (tertiary/aromatic N) is 1. The number of hydrogen-bond acceptors (Lipinski definition) is 2. The molecule has 0 saturated heterocycles. The Bertz CT molecular complexity index is 607. The molecule has 2 nitrogen and oxygen atoms in total. The van der Waals surface area contributed by atoms with Crippen molar-refractivity contribution in [2.75, 3.05) is 0 Å². The van der Waals surface area contributed by atoms with E-state index in [2.05, 4.69) is 29.0 Å². The summed E-state index contributed by atoms with van der Waals surface area (Å²) in [7, 11) is 0. The monoisotopic (exact) mass is 214 g/mol. The van der Waals surface area contributed by atoms with Crippen LogP contribution in [0.2, 0.25) is 0 Å². The molecular weight excluding hydrogens is 204 g/mol. The van der Waals surface area contributed by atoms with Crippen LogP contribution < -0.4 is 0 Å². The summed E-state index contributed by atoms with van der Waals surface area (Å²) in [5, 5.41) is 0. The molecule has 0 saturated carbocycles. The van der Waals surface area contributed by atoms with Gasteiger partial charge in [0.05, 0.1) is 11.0 Å². The van der Waals surface area contributed by atoms with Crippen molar-refractivity contribution in [1.29, 1.82) is 0 Å². The van der Waals surface area contributed by atoms with Gasteiger partial charge in [-0.2, -0.15) is 0 Å². The van der Waals surface area contributed by atoms with Gasteiger partial charge in [-0.05, 0) is 31.2 Å². The summed E-state index contributed by atoms with van der Waals surface area (Å²) in [4.78, 5) is 10.2. The van der Waals surface area contributed by atoms with Gasteiger partial charge < -0.3 is 4.98 Å². The lowest BCUT2D eigenvalue weighted by atomic mass is 10.2. The number of aromatic amines is 1. The van der Waals surface area contributed by atoms with Crippen LogP contribution in [0.5, 0.6) is 0 Å². The quantitative estimate of drug-likeness (QED) is 0.658. The highest BCUT2D eigenvalue weighted by Gasteiger charge is 2.07. The van der Waals surface area contributed by atoms with Crippen LogP contribution in [0.15, 0.2) is 36.7 Å². The molecule has 0 radical (unpaired) electrons. The van der Waals surface area contributed by atoms with E-state index in [-0.39, 0.29) is 0 Å². The van der Waals surface area contributed by atoms with Crippen LogP contribution in [0.1, 0.15) is 4.88 Å². The predicted octanol–water partition coefficient (Wildman–Crippen LogP) is 3.60. The second-order valence-electron chi connectivity index (χ2n) is 3.51. The second-order valence-corrected chi connectivity index (χ2v) is 4.80. The average molecular weight is 214 g/mol. The van der Waals surface area contributed by atoms with Gasteiger partial charge in [0.1, 0.15) is 0 Å². The maximum atomic E-state index is 4.40. The summed E-state index contributed by atoms with van der Waals surface area (Å²) >= 11 is 1.80. The van der Waals surface area contributed by atoms with E-state index in [1.807, 2.05) is 24.5 Å². The third-order valence-electron chi connectivity index (χ3n) is 2.44. The van der Waals surface area contributed by atoms with E-state index in [1.165, 1.54) is 15.3 Å². The lowest BCUT2D eigenvalue weighted by molar-refractivity contribution is 1.41. The highest BCUT2D eigenvalue weighted by molar-refractivity contribution is 7.15. The second kappa shape index (κ2) is 3.21. The molecule has 0 spiro atoms. The van der Waals surface area contributed by atoms with Crippen molar-refractivity contribution in [3.8, 4) is 10.4 Å². The molecule has 15 heavy (non-hydrogen) atoms. The van der Waals surface area contributed by atoms with Crippen molar-refractivity contribution in [1.82, 2.24) is 9.97 Å². The van der Waals surface area contributed by atoms with Crippen molar-refractivity contribution in [2.24, 2.45) is 0 Å². The van der Waals surface area contributed by atoms with Crippen LogP contribution >= 0.6 is 11.3 Å². The lowest BCUT2D eigenvalue weighted by Gasteiger charge is -1.92. The normalized spacial score (nSPS) is 11.0. The molecule has 1 N–H and O–H groups in total. The zero-order valence-electron chi connectivity index (χ0n) is 8.32. The minimum atomic E-state index is 1.05. The van der Waals surface area contributed by atoms with Crippen molar-refractivity contribution in [3.63, 3.8) is 0 Å². The Morgan fingerprint density at radius 2 is 2.20 bits per heavy atom. The van der Waals surface area contributed by atoms with Gasteiger partial charge in [0, 0.05) is 27.7 Å². The summed E-state index contributed by atoms with van der Waals surface area (Å²) in [5.41, 5.74) is 3.35. The van der Waals surface area contributed by atoms with E-state index in [0.717, 1.165) is 11.0 Å². The van der Waals surface area contributed by atoms with E-state index in [1.54, 1.807) is 11.3 Å². The largest absolute Gasteiger partial charge is 0.359 e. The fourth-order valence-electron chi connectivity index (χ4n) is 1.72. The standard InChI is InChI=1S/C12H10N2S/c1-8-4-5-11(15-8)9-7-14-10-3-2-6-13-12(9)10/h2-7,14H,1H3. The first-order valence-corrected chi connectivity index (χ1v) is 5.65. The summed E-state index contributed by atoms with van der Waals surface area (Å²) in [5.74, 6) is 0. The molecule has 0 fully saturated rings. The van der Waals surface area contributed by atoms with Crippen LogP contribution in [0.3, 0.4) is 0 Å². The first-order chi connectivity index (χ1) is 7.34. The Kier molecular flexibility index (Phi) is 1.86. The van der Waals surface area contributed by atoms with Crippen LogP contribution in [0.25, 0.3) is 21.5 Å². The molecule has 0 atom stereocenters. The fourth-order valence-corrected chi connectivity index (χ4v) is 2.61. The highest BCUT2D eigenvalue weighted by atomic mass is 32.1. The number of rotatable bonds is 1. The van der Waals surface area contributed by atoms with Crippen molar-refractivity contribution in [2.45, 2.75) is 6.92 Å². The fraction of sp³-hybridized carbons (Fsp3) is 0.0833. The van der Waals surface area contributed by atoms with Gasteiger partial charge in [0.15, 0.2) is 0 Å². The molecule has 0 aliphatic carbocycles. The minimum absolute atomic E-state index is 1.05. The summed E-state index contributed by atoms with van der Waals surface area (Å²) in [6, 6.07) is 8.29. The molecule has 0 aromatic carbocycles. The summed E-state index contributed by atoms with van der Waals surface area (Å²) in [6.07, 6.45) is 3.86. The van der Waals surface area contributed by atoms with Gasteiger partial charge in [-0.25, -0.2) is 0 Å². The molecule has 3 heteroatoms. The maximum absolute atomic E-state index is 4.40. The van der Waals surface area contributed by atoms with Gasteiger partial charge in [-0.3, -0.25) is 4.98 Å². The number of nitrogens with one attached hydrogen (secondary N) is 1. The van der Waals surface area contributed by atoms with Crippen LogP contribution in [-0.2, 0) is 0 Å². The third kappa shape index (κ3) is 1.36. The highest BCUT2D eigenvalue weighted by Crippen LogP contribution is 2.32. The SMILES string of the molecule is Cc1ccc(-c2c[nH]c3cccnc23)s1. The Hall–Kier alpha value is -1.61. The number of fused-ring (bicyclic) bond motifs is 1. The molecule has 0 aliphatic rings.